The second-order valence-corrected chi connectivity index (χ2v) is 8.94. The number of fused-ring (bicyclic) bond motifs is 1. The molecular formula is C28H26N2O6. The van der Waals surface area contributed by atoms with Crippen LogP contribution in [0.3, 0.4) is 0 Å². The molecule has 2 amide bonds. The Morgan fingerprint density at radius 3 is 2.53 bits per heavy atom. The summed E-state index contributed by atoms with van der Waals surface area (Å²) in [4.78, 5) is 38.6. The van der Waals surface area contributed by atoms with Crippen molar-refractivity contribution in [3.05, 3.63) is 99.8 Å². The number of hydrogen-bond acceptors (Lipinski definition) is 6. The number of nitrogens with one attached hydrogen (secondary N) is 1. The van der Waals surface area contributed by atoms with Gasteiger partial charge in [-0.05, 0) is 61.2 Å². The van der Waals surface area contributed by atoms with Crippen molar-refractivity contribution in [2.24, 2.45) is 0 Å². The molecule has 2 aromatic carbocycles. The van der Waals surface area contributed by atoms with Gasteiger partial charge >= 0.3 is 5.63 Å². The van der Waals surface area contributed by atoms with E-state index in [1.54, 1.807) is 29.2 Å². The Hall–Kier alpha value is -4.33. The van der Waals surface area contributed by atoms with Crippen molar-refractivity contribution >= 4 is 22.8 Å². The summed E-state index contributed by atoms with van der Waals surface area (Å²) < 4.78 is 16.1. The van der Waals surface area contributed by atoms with Crippen molar-refractivity contribution in [2.45, 2.75) is 32.4 Å². The van der Waals surface area contributed by atoms with Crippen molar-refractivity contribution in [2.75, 3.05) is 13.1 Å². The highest BCUT2D eigenvalue weighted by molar-refractivity contribution is 5.95. The van der Waals surface area contributed by atoms with E-state index in [0.29, 0.717) is 55.0 Å². The molecule has 1 fully saturated rings. The minimum atomic E-state index is -0.390. The first kappa shape index (κ1) is 23.4. The van der Waals surface area contributed by atoms with Crippen LogP contribution in [0.1, 0.15) is 44.7 Å². The van der Waals surface area contributed by atoms with Gasteiger partial charge in [0.2, 0.25) is 0 Å². The highest BCUT2D eigenvalue weighted by Crippen LogP contribution is 2.23. The molecule has 4 aromatic rings. The number of hydrogen-bond donors (Lipinski definition) is 1. The number of rotatable bonds is 6. The molecule has 0 aliphatic carbocycles. The summed E-state index contributed by atoms with van der Waals surface area (Å²) in [5.74, 6) is 0.410. The number of furan rings is 1. The second kappa shape index (κ2) is 10.1. The Morgan fingerprint density at radius 2 is 1.81 bits per heavy atom. The molecule has 0 radical (unpaired) electrons. The van der Waals surface area contributed by atoms with Crippen LogP contribution in [0.5, 0.6) is 5.75 Å². The Bertz CT molecular complexity index is 1430. The highest BCUT2D eigenvalue weighted by atomic mass is 16.5. The number of benzene rings is 2. The van der Waals surface area contributed by atoms with E-state index < -0.39 is 0 Å². The molecule has 36 heavy (non-hydrogen) atoms. The van der Waals surface area contributed by atoms with Crippen LogP contribution in [0, 0.1) is 6.92 Å². The topological polar surface area (TPSA) is 102 Å². The fourth-order valence-corrected chi connectivity index (χ4v) is 4.38. The normalized spacial score (nSPS) is 14.1. The van der Waals surface area contributed by atoms with Crippen LogP contribution in [0.15, 0.2) is 80.8 Å². The summed E-state index contributed by atoms with van der Waals surface area (Å²) >= 11 is 0. The first-order valence-corrected chi connectivity index (χ1v) is 11.8. The van der Waals surface area contributed by atoms with Crippen molar-refractivity contribution in [3.63, 3.8) is 0 Å². The fraction of sp³-hybridized carbons (Fsp3) is 0.250. The first-order valence-electron chi connectivity index (χ1n) is 11.8. The van der Waals surface area contributed by atoms with Crippen molar-refractivity contribution in [1.29, 1.82) is 0 Å². The van der Waals surface area contributed by atoms with Crippen LogP contribution < -0.4 is 15.7 Å². The number of carbonyl (C=O) groups excluding carboxylic acids is 2. The molecule has 184 valence electrons. The zero-order chi connectivity index (χ0) is 25.1. The second-order valence-electron chi connectivity index (χ2n) is 8.94. The van der Waals surface area contributed by atoms with E-state index in [1.807, 2.05) is 31.2 Å². The van der Waals surface area contributed by atoms with Crippen LogP contribution in [0.4, 0.5) is 0 Å². The zero-order valence-electron chi connectivity index (χ0n) is 19.9. The Labute approximate surface area is 207 Å². The molecule has 5 rings (SSSR count). The van der Waals surface area contributed by atoms with E-state index in [0.717, 1.165) is 16.5 Å². The largest absolute Gasteiger partial charge is 0.489 e. The van der Waals surface area contributed by atoms with E-state index >= 15 is 0 Å². The lowest BCUT2D eigenvalue weighted by Gasteiger charge is -2.32. The summed E-state index contributed by atoms with van der Waals surface area (Å²) in [6, 6.07) is 15.8. The minimum Gasteiger partial charge on any atom is -0.489 e. The summed E-state index contributed by atoms with van der Waals surface area (Å²) in [6.45, 7) is 3.35. The fourth-order valence-electron chi connectivity index (χ4n) is 4.38. The average molecular weight is 487 g/mol. The van der Waals surface area contributed by atoms with E-state index in [-0.39, 0.29) is 23.5 Å². The van der Waals surface area contributed by atoms with Gasteiger partial charge in [-0.25, -0.2) is 4.79 Å². The third-order valence-electron chi connectivity index (χ3n) is 6.43. The predicted octanol–water partition coefficient (Wildman–Crippen LogP) is 4.31. The lowest BCUT2D eigenvalue weighted by molar-refractivity contribution is 0.0697. The van der Waals surface area contributed by atoms with Gasteiger partial charge in [0.1, 0.15) is 24.2 Å². The van der Waals surface area contributed by atoms with Gasteiger partial charge in [0.25, 0.3) is 11.8 Å². The molecule has 1 saturated heterocycles. The van der Waals surface area contributed by atoms with Gasteiger partial charge in [0, 0.05) is 42.2 Å². The summed E-state index contributed by atoms with van der Waals surface area (Å²) in [5, 5.41) is 3.94. The van der Waals surface area contributed by atoms with E-state index in [4.69, 9.17) is 13.6 Å². The first-order chi connectivity index (χ1) is 17.5. The van der Waals surface area contributed by atoms with Crippen LogP contribution >= 0.6 is 0 Å². The third kappa shape index (κ3) is 5.17. The lowest BCUT2D eigenvalue weighted by atomic mass is 10.0. The summed E-state index contributed by atoms with van der Waals surface area (Å²) in [6.07, 6.45) is 4.34. The van der Waals surface area contributed by atoms with Crippen molar-refractivity contribution < 1.29 is 23.2 Å². The molecule has 0 saturated carbocycles. The average Bonchev–Trinajstić information content (AvgIpc) is 3.42. The van der Waals surface area contributed by atoms with E-state index in [9.17, 15) is 14.4 Å². The molecule has 0 bridgehead atoms. The van der Waals surface area contributed by atoms with Gasteiger partial charge in [-0.3, -0.25) is 9.59 Å². The molecule has 3 heterocycles. The monoisotopic (exact) mass is 486 g/mol. The van der Waals surface area contributed by atoms with Gasteiger partial charge in [-0.1, -0.05) is 12.1 Å². The Balaban J connectivity index is 1.13. The van der Waals surface area contributed by atoms with Gasteiger partial charge < -0.3 is 23.8 Å². The standard InChI is InChI=1S/C28H26N2O6/c1-18-14-26(31)36-25-15-23(6-7-24(18)25)35-16-19-2-4-20(5-3-19)27(32)29-22-8-11-30(12-9-22)28(33)21-10-13-34-17-21/h2-7,10,13-15,17,22H,8-9,11-12,16H2,1H3,(H,29,32). The maximum atomic E-state index is 12.7. The molecule has 1 N–H and O–H groups in total. The van der Waals surface area contributed by atoms with E-state index in [2.05, 4.69) is 5.32 Å². The van der Waals surface area contributed by atoms with Crippen molar-refractivity contribution in [3.8, 4) is 5.75 Å². The zero-order valence-corrected chi connectivity index (χ0v) is 19.9. The number of ether oxygens (including phenoxy) is 1. The maximum Gasteiger partial charge on any atom is 0.336 e. The summed E-state index contributed by atoms with van der Waals surface area (Å²) in [7, 11) is 0. The number of amides is 2. The molecule has 8 heteroatoms. The molecule has 0 spiro atoms. The van der Waals surface area contributed by atoms with Gasteiger partial charge in [0.15, 0.2) is 0 Å². The SMILES string of the molecule is Cc1cc(=O)oc2cc(OCc3ccc(C(=O)NC4CCN(C(=O)c5ccoc5)CC4)cc3)ccc12. The van der Waals surface area contributed by atoms with Crippen LogP contribution in [-0.2, 0) is 6.61 Å². The lowest BCUT2D eigenvalue weighted by Crippen LogP contribution is -2.46. The molecule has 1 aliphatic rings. The van der Waals surface area contributed by atoms with E-state index in [1.165, 1.54) is 18.6 Å². The molecule has 1 aliphatic heterocycles. The number of piperidine rings is 1. The molecule has 0 atom stereocenters. The molecule has 0 unspecified atom stereocenters. The number of nitrogens with zero attached hydrogens (tertiary/aromatic N) is 1. The molecule has 8 nitrogen and oxygen atoms in total. The van der Waals surface area contributed by atoms with Gasteiger partial charge in [0.05, 0.1) is 11.8 Å². The smallest absolute Gasteiger partial charge is 0.336 e. The minimum absolute atomic E-state index is 0.0190. The number of carbonyl (C=O) groups is 2. The molecule has 2 aromatic heterocycles. The van der Waals surface area contributed by atoms with Gasteiger partial charge in [-0.15, -0.1) is 0 Å². The Morgan fingerprint density at radius 1 is 1.03 bits per heavy atom. The number of likely N-dealkylation sites (tertiary alicyclic amines) is 1. The van der Waals surface area contributed by atoms with Crippen LogP contribution in [0.2, 0.25) is 0 Å². The number of aryl methyl sites for hydroxylation is 1. The third-order valence-corrected chi connectivity index (χ3v) is 6.43. The Kier molecular flexibility index (Phi) is 6.58. The quantitative estimate of drug-likeness (QED) is 0.408. The summed E-state index contributed by atoms with van der Waals surface area (Å²) in [5.41, 5.74) is 2.97. The predicted molar refractivity (Wildman–Crippen MR) is 133 cm³/mol. The van der Waals surface area contributed by atoms with Gasteiger partial charge in [-0.2, -0.15) is 0 Å². The van der Waals surface area contributed by atoms with Crippen LogP contribution in [-0.4, -0.2) is 35.8 Å². The van der Waals surface area contributed by atoms with Crippen LogP contribution in [0.25, 0.3) is 11.0 Å². The van der Waals surface area contributed by atoms with Crippen molar-refractivity contribution in [1.82, 2.24) is 10.2 Å². The molecular weight excluding hydrogens is 460 g/mol. The highest BCUT2D eigenvalue weighted by Gasteiger charge is 2.25. The maximum absolute atomic E-state index is 12.7.